The zero-order valence-corrected chi connectivity index (χ0v) is 15.5. The van der Waals surface area contributed by atoms with Crippen molar-refractivity contribution in [3.63, 3.8) is 0 Å². The molecular weight excluding hydrogens is 356 g/mol. The summed E-state index contributed by atoms with van der Waals surface area (Å²) in [7, 11) is 0. The Hall–Kier alpha value is -2.35. The fourth-order valence-electron chi connectivity index (χ4n) is 3.57. The third-order valence-electron chi connectivity index (χ3n) is 4.83. The zero-order chi connectivity index (χ0) is 19.3. The third-order valence-corrected chi connectivity index (χ3v) is 6.47. The van der Waals surface area contributed by atoms with Crippen LogP contribution in [-0.4, -0.2) is 55.3 Å². The van der Waals surface area contributed by atoms with E-state index in [4.69, 9.17) is 0 Å². The van der Waals surface area contributed by atoms with E-state index in [9.17, 15) is 24.3 Å². The number of fused-ring (bicyclic) bond motifs is 1. The lowest BCUT2D eigenvalue weighted by molar-refractivity contribution is -0.165. The molecule has 0 aliphatic carbocycles. The van der Waals surface area contributed by atoms with Crippen LogP contribution < -0.4 is 5.32 Å². The van der Waals surface area contributed by atoms with Gasteiger partial charge in [0.15, 0.2) is 0 Å². The first-order valence-electron chi connectivity index (χ1n) is 8.31. The van der Waals surface area contributed by atoms with Crippen molar-refractivity contribution in [2.75, 3.05) is 0 Å². The third kappa shape index (κ3) is 2.43. The molecule has 8 heteroatoms. The molecule has 3 atom stereocenters. The van der Waals surface area contributed by atoms with E-state index in [1.54, 1.807) is 51.1 Å². The van der Waals surface area contributed by atoms with Gasteiger partial charge >= 0.3 is 5.97 Å². The number of rotatable bonds is 5. The monoisotopic (exact) mass is 376 g/mol. The van der Waals surface area contributed by atoms with Gasteiger partial charge < -0.3 is 15.3 Å². The number of hydrogen-bond acceptors (Lipinski definition) is 5. The fraction of sp³-hybridized carbons (Fsp3) is 0.444. The highest BCUT2D eigenvalue weighted by molar-refractivity contribution is 8.01. The van der Waals surface area contributed by atoms with Gasteiger partial charge in [0.1, 0.15) is 11.4 Å². The average Bonchev–Trinajstić information content (AvgIpc) is 2.88. The van der Waals surface area contributed by atoms with Gasteiger partial charge in [0.05, 0.1) is 0 Å². The highest BCUT2D eigenvalue weighted by Crippen LogP contribution is 2.55. The second kappa shape index (κ2) is 6.12. The lowest BCUT2D eigenvalue weighted by atomic mass is 9.78. The first-order valence-corrected chi connectivity index (χ1v) is 9.19. The van der Waals surface area contributed by atoms with Crippen molar-refractivity contribution in [1.82, 2.24) is 10.2 Å². The van der Waals surface area contributed by atoms with E-state index in [2.05, 4.69) is 5.32 Å². The van der Waals surface area contributed by atoms with E-state index >= 15 is 0 Å². The molecule has 138 valence electrons. The van der Waals surface area contributed by atoms with Crippen molar-refractivity contribution in [3.05, 3.63) is 35.9 Å². The van der Waals surface area contributed by atoms with Crippen molar-refractivity contribution in [3.8, 4) is 0 Å². The van der Waals surface area contributed by atoms with Gasteiger partial charge in [0.2, 0.25) is 17.2 Å². The van der Waals surface area contributed by atoms with Crippen LogP contribution in [0.5, 0.6) is 0 Å². The number of benzene rings is 1. The maximum absolute atomic E-state index is 13.2. The Labute approximate surface area is 155 Å². The molecule has 0 radical (unpaired) electrons. The standard InChI is InChI=1S/C18H20N2O5S/c1-4-11(21)19-18(13(22)10-8-6-5-7-9-10)15(25)20-12(14(23)24)17(2,3)26-16(18)20/h5-9,12,16H,4H2,1-3H3,(H,19,21)(H,23,24)/t12-,16+,18-/m0/s1. The molecule has 2 heterocycles. The molecular formula is C18H20N2O5S. The van der Waals surface area contributed by atoms with Crippen molar-refractivity contribution >= 4 is 35.3 Å². The van der Waals surface area contributed by atoms with E-state index in [-0.39, 0.29) is 6.42 Å². The molecule has 26 heavy (non-hydrogen) atoms. The predicted molar refractivity (Wildman–Crippen MR) is 95.7 cm³/mol. The number of carboxylic acid groups (broad SMARTS) is 1. The Balaban J connectivity index is 2.07. The van der Waals surface area contributed by atoms with Crippen LogP contribution in [0.15, 0.2) is 30.3 Å². The largest absolute Gasteiger partial charge is 0.480 e. The van der Waals surface area contributed by atoms with Crippen molar-refractivity contribution in [1.29, 1.82) is 0 Å². The van der Waals surface area contributed by atoms with Crippen LogP contribution in [0.25, 0.3) is 0 Å². The smallest absolute Gasteiger partial charge is 0.327 e. The van der Waals surface area contributed by atoms with Gasteiger partial charge in [-0.15, -0.1) is 11.8 Å². The lowest BCUT2D eigenvalue weighted by Gasteiger charge is -2.51. The van der Waals surface area contributed by atoms with E-state index in [0.717, 1.165) is 0 Å². The van der Waals surface area contributed by atoms with E-state index in [1.165, 1.54) is 16.7 Å². The van der Waals surface area contributed by atoms with Crippen LogP contribution in [0.4, 0.5) is 0 Å². The van der Waals surface area contributed by atoms with Crippen LogP contribution in [0.1, 0.15) is 37.6 Å². The van der Waals surface area contributed by atoms with Crippen LogP contribution in [0.3, 0.4) is 0 Å². The normalized spacial score (nSPS) is 28.9. The molecule has 0 aromatic heterocycles. The maximum atomic E-state index is 13.2. The van der Waals surface area contributed by atoms with Gasteiger partial charge in [-0.2, -0.15) is 0 Å². The highest BCUT2D eigenvalue weighted by Gasteiger charge is 2.75. The second-order valence-electron chi connectivity index (χ2n) is 6.93. The number of carbonyl (C=O) groups excluding carboxylic acids is 3. The summed E-state index contributed by atoms with van der Waals surface area (Å²) in [6.07, 6.45) is 0.111. The van der Waals surface area contributed by atoms with Gasteiger partial charge in [0.25, 0.3) is 5.91 Å². The zero-order valence-electron chi connectivity index (χ0n) is 14.7. The summed E-state index contributed by atoms with van der Waals surface area (Å²) in [4.78, 5) is 51.3. The number of nitrogens with one attached hydrogen (secondary N) is 1. The van der Waals surface area contributed by atoms with Crippen molar-refractivity contribution in [2.24, 2.45) is 0 Å². The Morgan fingerprint density at radius 1 is 1.23 bits per heavy atom. The second-order valence-corrected chi connectivity index (χ2v) is 8.67. The molecule has 7 nitrogen and oxygen atoms in total. The molecule has 0 unspecified atom stereocenters. The average molecular weight is 376 g/mol. The number of aliphatic carboxylic acids is 1. The van der Waals surface area contributed by atoms with Crippen LogP contribution in [0, 0.1) is 0 Å². The van der Waals surface area contributed by atoms with Gasteiger partial charge in [-0.3, -0.25) is 14.4 Å². The van der Waals surface area contributed by atoms with Crippen molar-refractivity contribution in [2.45, 2.75) is 48.9 Å². The molecule has 1 aromatic rings. The molecule has 3 rings (SSSR count). The van der Waals surface area contributed by atoms with E-state index in [1.807, 2.05) is 0 Å². The minimum Gasteiger partial charge on any atom is -0.480 e. The number of Topliss-reactive ketones (excluding diaryl/α,β-unsaturated/α-hetero) is 1. The van der Waals surface area contributed by atoms with Gasteiger partial charge in [-0.1, -0.05) is 37.3 Å². The topological polar surface area (TPSA) is 104 Å². The summed E-state index contributed by atoms with van der Waals surface area (Å²) in [6, 6.07) is 7.21. The first-order chi connectivity index (χ1) is 12.2. The summed E-state index contributed by atoms with van der Waals surface area (Å²) in [6.45, 7) is 5.08. The molecule has 0 bridgehead atoms. The maximum Gasteiger partial charge on any atom is 0.327 e. The van der Waals surface area contributed by atoms with Gasteiger partial charge in [-0.25, -0.2) is 4.79 Å². The number of amides is 2. The van der Waals surface area contributed by atoms with E-state index < -0.39 is 45.3 Å². The van der Waals surface area contributed by atoms with Gasteiger partial charge in [0, 0.05) is 16.7 Å². The fourth-order valence-corrected chi connectivity index (χ4v) is 5.26. The van der Waals surface area contributed by atoms with Crippen LogP contribution in [0.2, 0.25) is 0 Å². The predicted octanol–water partition coefficient (Wildman–Crippen LogP) is 1.28. The number of ketones is 1. The lowest BCUT2D eigenvalue weighted by Crippen LogP contribution is -2.82. The van der Waals surface area contributed by atoms with E-state index in [0.29, 0.717) is 5.56 Å². The first kappa shape index (κ1) is 18.4. The molecule has 2 amide bonds. The molecule has 0 spiro atoms. The SMILES string of the molecule is CCC(=O)N[C@@]1(C(=O)c2ccccc2)C(=O)N2[C@@H](C(=O)O)C(C)(C)S[C@@H]21. The molecule has 0 saturated carbocycles. The molecule has 2 fully saturated rings. The summed E-state index contributed by atoms with van der Waals surface area (Å²) >= 11 is 1.23. The summed E-state index contributed by atoms with van der Waals surface area (Å²) in [5, 5.41) is 11.4. The Morgan fingerprint density at radius 3 is 2.38 bits per heavy atom. The molecule has 2 aliphatic heterocycles. The summed E-state index contributed by atoms with van der Waals surface area (Å²) < 4.78 is -0.790. The Morgan fingerprint density at radius 2 is 1.85 bits per heavy atom. The minimum absolute atomic E-state index is 0.111. The number of β-lactam (4-membered cyclic amide) rings is 1. The Kier molecular flexibility index (Phi) is 4.34. The number of thioether (sulfide) groups is 1. The summed E-state index contributed by atoms with van der Waals surface area (Å²) in [5.41, 5.74) is -1.46. The molecule has 2 aliphatic rings. The number of carbonyl (C=O) groups is 4. The van der Waals surface area contributed by atoms with Crippen molar-refractivity contribution < 1.29 is 24.3 Å². The van der Waals surface area contributed by atoms with Gasteiger partial charge in [-0.05, 0) is 13.8 Å². The Bertz CT molecular complexity index is 794. The number of hydrogen-bond donors (Lipinski definition) is 2. The van der Waals surface area contributed by atoms with Crippen LogP contribution in [-0.2, 0) is 14.4 Å². The number of carboxylic acids is 1. The quantitative estimate of drug-likeness (QED) is 0.456. The summed E-state index contributed by atoms with van der Waals surface area (Å²) in [5.74, 6) is -2.73. The highest BCUT2D eigenvalue weighted by atomic mass is 32.2. The number of nitrogens with zero attached hydrogens (tertiary/aromatic N) is 1. The molecule has 2 saturated heterocycles. The molecule has 2 N–H and O–H groups in total. The molecule has 1 aromatic carbocycles. The van der Waals surface area contributed by atoms with Crippen LogP contribution >= 0.6 is 11.8 Å². The minimum atomic E-state index is -1.76.